The number of hydrogen-bond donors (Lipinski definition) is 2. The van der Waals surface area contributed by atoms with Crippen molar-refractivity contribution in [3.63, 3.8) is 0 Å². The maximum atomic E-state index is 12.4. The predicted molar refractivity (Wildman–Crippen MR) is 105 cm³/mol. The highest BCUT2D eigenvalue weighted by Gasteiger charge is 2.22. The zero-order chi connectivity index (χ0) is 20.3. The number of ether oxygens (including phenoxy) is 1. The molecule has 146 valence electrons. The summed E-state index contributed by atoms with van der Waals surface area (Å²) in [6.07, 6.45) is 0. The van der Waals surface area contributed by atoms with Gasteiger partial charge in [-0.25, -0.2) is 4.79 Å². The molecule has 0 aliphatic carbocycles. The summed E-state index contributed by atoms with van der Waals surface area (Å²) in [5.74, 6) is -1.52. The van der Waals surface area contributed by atoms with Crippen LogP contribution in [0.15, 0.2) is 40.8 Å². The van der Waals surface area contributed by atoms with Crippen molar-refractivity contribution in [3.05, 3.63) is 47.7 Å². The number of rotatable bonds is 6. The minimum Gasteiger partial charge on any atom is -0.450 e. The standard InChI is InChI=1S/C21H22N2O5/c1-4-22-20(25)13(3)23-17(24)11-27-21(26)18-12(2)15-10-9-14-7-5-6-8-16(14)19(15)28-18/h5-10,13H,4,11H2,1-3H3,(H,22,25)(H,23,24)/t13-/m0/s1. The Hall–Kier alpha value is -3.35. The van der Waals surface area contributed by atoms with E-state index in [4.69, 9.17) is 9.15 Å². The van der Waals surface area contributed by atoms with Crippen LogP contribution in [0.4, 0.5) is 0 Å². The number of furan rings is 1. The van der Waals surface area contributed by atoms with Gasteiger partial charge < -0.3 is 19.8 Å². The summed E-state index contributed by atoms with van der Waals surface area (Å²) in [6.45, 7) is 5.08. The van der Waals surface area contributed by atoms with Gasteiger partial charge in [0.1, 0.15) is 11.6 Å². The third kappa shape index (κ3) is 3.83. The number of carbonyl (C=O) groups is 3. The van der Waals surface area contributed by atoms with E-state index in [9.17, 15) is 14.4 Å². The van der Waals surface area contributed by atoms with Crippen molar-refractivity contribution in [3.8, 4) is 0 Å². The maximum Gasteiger partial charge on any atom is 0.375 e. The lowest BCUT2D eigenvalue weighted by Crippen LogP contribution is -2.46. The zero-order valence-corrected chi connectivity index (χ0v) is 16.0. The van der Waals surface area contributed by atoms with Gasteiger partial charge in [0.2, 0.25) is 11.7 Å². The first-order chi connectivity index (χ1) is 13.4. The van der Waals surface area contributed by atoms with Crippen molar-refractivity contribution in [1.82, 2.24) is 10.6 Å². The van der Waals surface area contributed by atoms with Gasteiger partial charge in [0.05, 0.1) is 0 Å². The molecule has 28 heavy (non-hydrogen) atoms. The molecule has 0 saturated carbocycles. The number of likely N-dealkylation sites (N-methyl/N-ethyl adjacent to an activating group) is 1. The van der Waals surface area contributed by atoms with E-state index in [0.717, 1.165) is 16.2 Å². The van der Waals surface area contributed by atoms with Crippen LogP contribution in [0, 0.1) is 6.92 Å². The molecule has 2 amide bonds. The summed E-state index contributed by atoms with van der Waals surface area (Å²) in [5, 5.41) is 7.80. The zero-order valence-electron chi connectivity index (χ0n) is 16.0. The van der Waals surface area contributed by atoms with Crippen molar-refractivity contribution >= 4 is 39.5 Å². The van der Waals surface area contributed by atoms with Gasteiger partial charge in [-0.3, -0.25) is 9.59 Å². The molecule has 2 aromatic carbocycles. The summed E-state index contributed by atoms with van der Waals surface area (Å²) in [7, 11) is 0. The van der Waals surface area contributed by atoms with Gasteiger partial charge in [-0.15, -0.1) is 0 Å². The van der Waals surface area contributed by atoms with Gasteiger partial charge >= 0.3 is 5.97 Å². The van der Waals surface area contributed by atoms with Crippen molar-refractivity contribution < 1.29 is 23.5 Å². The average molecular weight is 382 g/mol. The highest BCUT2D eigenvalue weighted by atomic mass is 16.5. The van der Waals surface area contributed by atoms with Crippen molar-refractivity contribution in [1.29, 1.82) is 0 Å². The third-order valence-corrected chi connectivity index (χ3v) is 4.47. The van der Waals surface area contributed by atoms with E-state index in [1.165, 1.54) is 0 Å². The molecule has 7 heteroatoms. The van der Waals surface area contributed by atoms with Crippen LogP contribution in [0.3, 0.4) is 0 Å². The van der Waals surface area contributed by atoms with Crippen LogP contribution in [0.5, 0.6) is 0 Å². The number of fused-ring (bicyclic) bond motifs is 3. The molecule has 1 heterocycles. The van der Waals surface area contributed by atoms with E-state index in [1.807, 2.05) is 36.4 Å². The fraction of sp³-hybridized carbons (Fsp3) is 0.286. The summed E-state index contributed by atoms with van der Waals surface area (Å²) in [5.41, 5.74) is 1.26. The van der Waals surface area contributed by atoms with Crippen LogP contribution >= 0.6 is 0 Å². The molecule has 0 saturated heterocycles. The lowest BCUT2D eigenvalue weighted by Gasteiger charge is -2.13. The van der Waals surface area contributed by atoms with Crippen LogP contribution in [-0.4, -0.2) is 37.0 Å². The monoisotopic (exact) mass is 382 g/mol. The number of amides is 2. The van der Waals surface area contributed by atoms with Crippen LogP contribution in [0.1, 0.15) is 30.0 Å². The fourth-order valence-corrected chi connectivity index (χ4v) is 3.02. The van der Waals surface area contributed by atoms with E-state index < -0.39 is 24.5 Å². The van der Waals surface area contributed by atoms with E-state index in [0.29, 0.717) is 17.7 Å². The van der Waals surface area contributed by atoms with Crippen LogP contribution in [0.25, 0.3) is 21.7 Å². The first-order valence-electron chi connectivity index (χ1n) is 9.07. The Kier molecular flexibility index (Phi) is 5.63. The Morgan fingerprint density at radius 1 is 1.11 bits per heavy atom. The Morgan fingerprint density at radius 2 is 1.86 bits per heavy atom. The second-order valence-corrected chi connectivity index (χ2v) is 6.48. The van der Waals surface area contributed by atoms with Gasteiger partial charge in [0.25, 0.3) is 5.91 Å². The SMILES string of the molecule is CCNC(=O)[C@H](C)NC(=O)COC(=O)c1oc2c(ccc3ccccc32)c1C. The molecule has 2 N–H and O–H groups in total. The Bertz CT molecular complexity index is 1050. The Balaban J connectivity index is 1.72. The maximum absolute atomic E-state index is 12.4. The lowest BCUT2D eigenvalue weighted by atomic mass is 10.1. The van der Waals surface area contributed by atoms with E-state index in [1.54, 1.807) is 20.8 Å². The number of benzene rings is 2. The van der Waals surface area contributed by atoms with E-state index in [-0.39, 0.29) is 11.7 Å². The number of hydrogen-bond acceptors (Lipinski definition) is 5. The first-order valence-corrected chi connectivity index (χ1v) is 9.07. The van der Waals surface area contributed by atoms with Gasteiger partial charge in [-0.05, 0) is 26.2 Å². The average Bonchev–Trinajstić information content (AvgIpc) is 3.03. The second-order valence-electron chi connectivity index (χ2n) is 6.48. The molecule has 0 aliphatic heterocycles. The molecule has 0 aliphatic rings. The normalized spacial score (nSPS) is 12.0. The highest BCUT2D eigenvalue weighted by Crippen LogP contribution is 2.31. The number of carbonyl (C=O) groups excluding carboxylic acids is 3. The van der Waals surface area contributed by atoms with Gasteiger partial charge in [-0.2, -0.15) is 0 Å². The van der Waals surface area contributed by atoms with Crippen molar-refractivity contribution in [2.45, 2.75) is 26.8 Å². The van der Waals surface area contributed by atoms with Gasteiger partial charge in [0, 0.05) is 22.9 Å². The van der Waals surface area contributed by atoms with Crippen LogP contribution < -0.4 is 10.6 Å². The van der Waals surface area contributed by atoms with Gasteiger partial charge in [-0.1, -0.05) is 36.4 Å². The smallest absolute Gasteiger partial charge is 0.375 e. The fourth-order valence-electron chi connectivity index (χ4n) is 3.02. The quantitative estimate of drug-likeness (QED) is 0.639. The molecule has 1 aromatic heterocycles. The molecule has 0 radical (unpaired) electrons. The summed E-state index contributed by atoms with van der Waals surface area (Å²) >= 11 is 0. The molecule has 0 bridgehead atoms. The lowest BCUT2D eigenvalue weighted by molar-refractivity contribution is -0.130. The first kappa shape index (κ1) is 19.4. The molecule has 7 nitrogen and oxygen atoms in total. The van der Waals surface area contributed by atoms with Crippen molar-refractivity contribution in [2.24, 2.45) is 0 Å². The number of nitrogens with one attached hydrogen (secondary N) is 2. The molecule has 0 fully saturated rings. The summed E-state index contributed by atoms with van der Waals surface area (Å²) in [4.78, 5) is 36.0. The minimum atomic E-state index is -0.724. The molecule has 0 spiro atoms. The van der Waals surface area contributed by atoms with E-state index >= 15 is 0 Å². The predicted octanol–water partition coefficient (Wildman–Crippen LogP) is 2.69. The van der Waals surface area contributed by atoms with Crippen molar-refractivity contribution in [2.75, 3.05) is 13.2 Å². The Labute approximate surface area is 162 Å². The van der Waals surface area contributed by atoms with Crippen LogP contribution in [-0.2, 0) is 14.3 Å². The number of esters is 1. The Morgan fingerprint density at radius 3 is 2.61 bits per heavy atom. The van der Waals surface area contributed by atoms with E-state index in [2.05, 4.69) is 10.6 Å². The largest absolute Gasteiger partial charge is 0.450 e. The molecule has 3 aromatic rings. The van der Waals surface area contributed by atoms with Gasteiger partial charge in [0.15, 0.2) is 6.61 Å². The molecular weight excluding hydrogens is 360 g/mol. The third-order valence-electron chi connectivity index (χ3n) is 4.47. The summed E-state index contributed by atoms with van der Waals surface area (Å²) < 4.78 is 10.9. The molecule has 3 rings (SSSR count). The molecular formula is C21H22N2O5. The van der Waals surface area contributed by atoms with Crippen LogP contribution in [0.2, 0.25) is 0 Å². The second kappa shape index (κ2) is 8.12. The highest BCUT2D eigenvalue weighted by molar-refractivity contribution is 6.08. The topological polar surface area (TPSA) is 97.6 Å². The molecule has 1 atom stereocenters. The number of aryl methyl sites for hydroxylation is 1. The molecule has 0 unspecified atom stereocenters. The minimum absolute atomic E-state index is 0.0657. The summed E-state index contributed by atoms with van der Waals surface area (Å²) in [6, 6.07) is 10.9.